The van der Waals surface area contributed by atoms with Crippen molar-refractivity contribution >= 4 is 17.6 Å². The molecular formula is C20H25N5O2. The lowest BCUT2D eigenvalue weighted by molar-refractivity contribution is -0.120. The van der Waals surface area contributed by atoms with Crippen LogP contribution in [0.5, 0.6) is 0 Å². The van der Waals surface area contributed by atoms with Crippen LogP contribution in [-0.2, 0) is 17.6 Å². The quantitative estimate of drug-likeness (QED) is 0.699. The third kappa shape index (κ3) is 6.36. The standard InChI is InChI=1S/C20H25N5O2/c1-13-11-14(2)23-18(22-13)9-10-21-20(27)25-17-5-3-15(4-6-17)12-19(26)24-16-7-8-16/h3-6,11,16H,7-10,12H2,1-2H3,(H,24,26)(H2,21,25,27). The van der Waals surface area contributed by atoms with E-state index in [0.717, 1.165) is 35.6 Å². The molecule has 0 atom stereocenters. The molecule has 0 radical (unpaired) electrons. The van der Waals surface area contributed by atoms with Crippen LogP contribution in [0.3, 0.4) is 0 Å². The second-order valence-corrected chi connectivity index (χ2v) is 6.91. The molecule has 1 saturated carbocycles. The van der Waals surface area contributed by atoms with E-state index in [-0.39, 0.29) is 11.9 Å². The van der Waals surface area contributed by atoms with Gasteiger partial charge >= 0.3 is 6.03 Å². The molecule has 7 heteroatoms. The summed E-state index contributed by atoms with van der Waals surface area (Å²) in [6, 6.07) is 9.31. The zero-order valence-corrected chi connectivity index (χ0v) is 15.7. The first-order chi connectivity index (χ1) is 13.0. The van der Waals surface area contributed by atoms with Gasteiger partial charge in [0.2, 0.25) is 5.91 Å². The van der Waals surface area contributed by atoms with Crippen molar-refractivity contribution in [2.45, 2.75) is 45.6 Å². The minimum atomic E-state index is -0.279. The predicted octanol–water partition coefficient (Wildman–Crippen LogP) is 2.28. The molecule has 1 aromatic carbocycles. The van der Waals surface area contributed by atoms with Gasteiger partial charge in [-0.1, -0.05) is 12.1 Å². The molecule has 142 valence electrons. The molecule has 1 fully saturated rings. The molecule has 0 aliphatic heterocycles. The maximum absolute atomic E-state index is 12.0. The van der Waals surface area contributed by atoms with Gasteiger partial charge in [-0.3, -0.25) is 4.79 Å². The van der Waals surface area contributed by atoms with Crippen molar-refractivity contribution in [1.82, 2.24) is 20.6 Å². The summed E-state index contributed by atoms with van der Waals surface area (Å²) in [6.45, 7) is 4.31. The van der Waals surface area contributed by atoms with E-state index in [0.29, 0.717) is 31.1 Å². The Morgan fingerprint density at radius 2 is 1.74 bits per heavy atom. The van der Waals surface area contributed by atoms with E-state index < -0.39 is 0 Å². The zero-order chi connectivity index (χ0) is 19.2. The Bertz CT molecular complexity index is 795. The number of hydrogen-bond donors (Lipinski definition) is 3. The normalized spacial score (nSPS) is 13.1. The maximum Gasteiger partial charge on any atom is 0.319 e. The van der Waals surface area contributed by atoms with Gasteiger partial charge in [0.05, 0.1) is 6.42 Å². The van der Waals surface area contributed by atoms with E-state index in [1.54, 1.807) is 12.1 Å². The number of hydrogen-bond acceptors (Lipinski definition) is 4. The van der Waals surface area contributed by atoms with Crippen molar-refractivity contribution in [3.8, 4) is 0 Å². The van der Waals surface area contributed by atoms with E-state index in [9.17, 15) is 9.59 Å². The molecule has 3 rings (SSSR count). The number of nitrogens with one attached hydrogen (secondary N) is 3. The highest BCUT2D eigenvalue weighted by Crippen LogP contribution is 2.19. The number of urea groups is 1. The zero-order valence-electron chi connectivity index (χ0n) is 15.7. The van der Waals surface area contributed by atoms with Crippen molar-refractivity contribution in [2.75, 3.05) is 11.9 Å². The fourth-order valence-corrected chi connectivity index (χ4v) is 2.77. The molecule has 1 heterocycles. The molecule has 3 amide bonds. The summed E-state index contributed by atoms with van der Waals surface area (Å²) >= 11 is 0. The van der Waals surface area contributed by atoms with Crippen LogP contribution in [0.25, 0.3) is 0 Å². The minimum absolute atomic E-state index is 0.0459. The number of anilines is 1. The average molecular weight is 367 g/mol. The number of carbonyl (C=O) groups is 2. The minimum Gasteiger partial charge on any atom is -0.353 e. The van der Waals surface area contributed by atoms with E-state index in [1.165, 1.54) is 0 Å². The third-order valence-electron chi connectivity index (χ3n) is 4.18. The van der Waals surface area contributed by atoms with Crippen LogP contribution >= 0.6 is 0 Å². The Hall–Kier alpha value is -2.96. The number of carbonyl (C=O) groups excluding carboxylic acids is 2. The first kappa shape index (κ1) is 18.8. The highest BCUT2D eigenvalue weighted by atomic mass is 16.2. The second-order valence-electron chi connectivity index (χ2n) is 6.91. The number of amides is 3. The molecule has 0 saturated heterocycles. The number of nitrogens with zero attached hydrogens (tertiary/aromatic N) is 2. The van der Waals surface area contributed by atoms with Crippen molar-refractivity contribution in [3.05, 3.63) is 53.1 Å². The second kappa shape index (κ2) is 8.62. The van der Waals surface area contributed by atoms with Crippen LogP contribution in [0.4, 0.5) is 10.5 Å². The first-order valence-electron chi connectivity index (χ1n) is 9.22. The number of rotatable bonds is 7. The molecule has 0 unspecified atom stereocenters. The van der Waals surface area contributed by atoms with Gasteiger partial charge in [0.1, 0.15) is 5.82 Å². The SMILES string of the molecule is Cc1cc(C)nc(CCNC(=O)Nc2ccc(CC(=O)NC3CC3)cc2)n1. The number of benzene rings is 1. The smallest absolute Gasteiger partial charge is 0.319 e. The molecule has 1 aromatic heterocycles. The largest absolute Gasteiger partial charge is 0.353 e. The molecule has 7 nitrogen and oxygen atoms in total. The van der Waals surface area contributed by atoms with Crippen molar-refractivity contribution in [3.63, 3.8) is 0 Å². The summed E-state index contributed by atoms with van der Waals surface area (Å²) in [4.78, 5) is 32.5. The molecule has 1 aliphatic rings. The lowest BCUT2D eigenvalue weighted by Gasteiger charge is -2.09. The molecule has 2 aromatic rings. The predicted molar refractivity (Wildman–Crippen MR) is 104 cm³/mol. The number of aromatic nitrogens is 2. The molecule has 1 aliphatic carbocycles. The molecule has 0 bridgehead atoms. The van der Waals surface area contributed by atoms with Crippen molar-refractivity contribution in [1.29, 1.82) is 0 Å². The lowest BCUT2D eigenvalue weighted by atomic mass is 10.1. The van der Waals surface area contributed by atoms with Gasteiger partial charge in [0, 0.05) is 36.1 Å². The van der Waals surface area contributed by atoms with Gasteiger partial charge in [0.25, 0.3) is 0 Å². The van der Waals surface area contributed by atoms with Gasteiger partial charge in [0.15, 0.2) is 0 Å². The highest BCUT2D eigenvalue weighted by Gasteiger charge is 2.23. The Kier molecular flexibility index (Phi) is 6.01. The van der Waals surface area contributed by atoms with E-state index in [4.69, 9.17) is 0 Å². The van der Waals surface area contributed by atoms with Gasteiger partial charge in [-0.05, 0) is 50.5 Å². The third-order valence-corrected chi connectivity index (χ3v) is 4.18. The molecule has 27 heavy (non-hydrogen) atoms. The Balaban J connectivity index is 1.41. The van der Waals surface area contributed by atoms with Crippen molar-refractivity contribution < 1.29 is 9.59 Å². The topological polar surface area (TPSA) is 96.0 Å². The van der Waals surface area contributed by atoms with E-state index >= 15 is 0 Å². The summed E-state index contributed by atoms with van der Waals surface area (Å²) in [7, 11) is 0. The van der Waals surface area contributed by atoms with Gasteiger partial charge < -0.3 is 16.0 Å². The molecular weight excluding hydrogens is 342 g/mol. The Morgan fingerprint density at radius 3 is 2.37 bits per heavy atom. The van der Waals surface area contributed by atoms with Crippen LogP contribution in [0, 0.1) is 13.8 Å². The summed E-state index contributed by atoms with van der Waals surface area (Å²) in [5.41, 5.74) is 3.45. The van der Waals surface area contributed by atoms with Crippen LogP contribution in [0.15, 0.2) is 30.3 Å². The van der Waals surface area contributed by atoms with Crippen LogP contribution in [0.1, 0.15) is 35.6 Å². The van der Waals surface area contributed by atoms with E-state index in [1.807, 2.05) is 32.0 Å². The molecule has 0 spiro atoms. The maximum atomic E-state index is 12.0. The monoisotopic (exact) mass is 367 g/mol. The fraction of sp³-hybridized carbons (Fsp3) is 0.400. The lowest BCUT2D eigenvalue weighted by Crippen LogP contribution is -2.30. The Labute approximate surface area is 159 Å². The fourth-order valence-electron chi connectivity index (χ4n) is 2.77. The van der Waals surface area contributed by atoms with Crippen molar-refractivity contribution in [2.24, 2.45) is 0 Å². The van der Waals surface area contributed by atoms with Crippen LogP contribution in [0.2, 0.25) is 0 Å². The summed E-state index contributed by atoms with van der Waals surface area (Å²) in [6.07, 6.45) is 3.10. The average Bonchev–Trinajstić information content (AvgIpc) is 3.39. The summed E-state index contributed by atoms with van der Waals surface area (Å²) < 4.78 is 0. The van der Waals surface area contributed by atoms with Gasteiger partial charge in [-0.2, -0.15) is 0 Å². The summed E-state index contributed by atoms with van der Waals surface area (Å²) in [5, 5.41) is 8.55. The van der Waals surface area contributed by atoms with E-state index in [2.05, 4.69) is 25.9 Å². The summed E-state index contributed by atoms with van der Waals surface area (Å²) in [5.74, 6) is 0.770. The van der Waals surface area contributed by atoms with Gasteiger partial charge in [-0.15, -0.1) is 0 Å². The van der Waals surface area contributed by atoms with Crippen LogP contribution in [-0.4, -0.2) is 34.5 Å². The number of aryl methyl sites for hydroxylation is 2. The Morgan fingerprint density at radius 1 is 1.07 bits per heavy atom. The highest BCUT2D eigenvalue weighted by molar-refractivity contribution is 5.89. The molecule has 3 N–H and O–H groups in total. The van der Waals surface area contributed by atoms with Crippen LogP contribution < -0.4 is 16.0 Å². The van der Waals surface area contributed by atoms with Gasteiger partial charge in [-0.25, -0.2) is 14.8 Å². The first-order valence-corrected chi connectivity index (χ1v) is 9.22.